The molecule has 0 radical (unpaired) electrons. The number of nitrogens with two attached hydrogens (primary N) is 1. The average molecular weight is 346 g/mol. The topological polar surface area (TPSA) is 78.1 Å². The summed E-state index contributed by atoms with van der Waals surface area (Å²) >= 11 is 3.44. The van der Waals surface area contributed by atoms with Crippen LogP contribution in [0.5, 0.6) is 11.5 Å². The number of rotatable bonds is 7. The molecule has 0 heterocycles. The first-order valence-corrected chi connectivity index (χ1v) is 6.84. The Morgan fingerprint density at radius 2 is 2.05 bits per heavy atom. The minimum atomic E-state index is 0.382. The van der Waals surface area contributed by atoms with Gasteiger partial charge in [-0.3, -0.25) is 0 Å². The van der Waals surface area contributed by atoms with Crippen molar-refractivity contribution in [1.29, 1.82) is 0 Å². The molecule has 0 bridgehead atoms. The highest BCUT2D eigenvalue weighted by Crippen LogP contribution is 2.36. The minimum absolute atomic E-state index is 0.382. The second kappa shape index (κ2) is 8.65. The Bertz CT molecular complexity index is 466. The lowest BCUT2D eigenvalue weighted by Gasteiger charge is -2.11. The number of halogens is 1. The summed E-state index contributed by atoms with van der Waals surface area (Å²) in [5, 5.41) is 2.95. The van der Waals surface area contributed by atoms with Gasteiger partial charge in [-0.05, 0) is 33.6 Å². The fourth-order valence-electron chi connectivity index (χ4n) is 1.58. The van der Waals surface area contributed by atoms with Gasteiger partial charge in [0.25, 0.3) is 0 Å². The molecule has 1 rings (SSSR count). The molecule has 0 aromatic heterocycles. The summed E-state index contributed by atoms with van der Waals surface area (Å²) in [6, 6.07) is 3.79. The molecule has 112 valence electrons. The lowest BCUT2D eigenvalue weighted by molar-refractivity contribution is 0.204. The molecule has 0 saturated carbocycles. The number of ether oxygens (including phenoxy) is 3. The predicted molar refractivity (Wildman–Crippen MR) is 82.5 cm³/mol. The molecule has 0 spiro atoms. The fourth-order valence-corrected chi connectivity index (χ4v) is 2.23. The van der Waals surface area contributed by atoms with Gasteiger partial charge in [0.2, 0.25) is 0 Å². The van der Waals surface area contributed by atoms with E-state index in [4.69, 9.17) is 19.9 Å². The van der Waals surface area contributed by atoms with Crippen LogP contribution in [0.2, 0.25) is 0 Å². The number of nitrogens with one attached hydrogen (secondary N) is 1. The number of guanidine groups is 1. The van der Waals surface area contributed by atoms with Crippen LogP contribution in [-0.2, 0) is 11.3 Å². The normalized spacial score (nSPS) is 11.3. The van der Waals surface area contributed by atoms with Crippen molar-refractivity contribution in [2.24, 2.45) is 10.7 Å². The summed E-state index contributed by atoms with van der Waals surface area (Å²) in [5.74, 6) is 1.69. The van der Waals surface area contributed by atoms with Gasteiger partial charge in [0.1, 0.15) is 0 Å². The minimum Gasteiger partial charge on any atom is -0.493 e. The van der Waals surface area contributed by atoms with E-state index in [1.807, 2.05) is 12.1 Å². The molecule has 20 heavy (non-hydrogen) atoms. The summed E-state index contributed by atoms with van der Waals surface area (Å²) in [7, 11) is 4.83. The van der Waals surface area contributed by atoms with Gasteiger partial charge in [0.05, 0.1) is 31.8 Å². The van der Waals surface area contributed by atoms with Crippen molar-refractivity contribution < 1.29 is 14.2 Å². The van der Waals surface area contributed by atoms with Gasteiger partial charge in [-0.2, -0.15) is 0 Å². The monoisotopic (exact) mass is 345 g/mol. The van der Waals surface area contributed by atoms with Crippen LogP contribution in [-0.4, -0.2) is 40.4 Å². The highest BCUT2D eigenvalue weighted by Gasteiger charge is 2.10. The van der Waals surface area contributed by atoms with Crippen molar-refractivity contribution in [3.63, 3.8) is 0 Å². The van der Waals surface area contributed by atoms with Crippen LogP contribution in [0.25, 0.3) is 0 Å². The lowest BCUT2D eigenvalue weighted by atomic mass is 10.2. The van der Waals surface area contributed by atoms with Crippen molar-refractivity contribution in [2.75, 3.05) is 34.5 Å². The third kappa shape index (κ3) is 4.90. The first-order chi connectivity index (χ1) is 9.62. The molecule has 1 aromatic carbocycles. The molecule has 1 aromatic rings. The molecule has 0 aliphatic rings. The van der Waals surface area contributed by atoms with Crippen molar-refractivity contribution in [3.05, 3.63) is 22.2 Å². The van der Waals surface area contributed by atoms with Gasteiger partial charge in [-0.1, -0.05) is 0 Å². The fraction of sp³-hybridized carbons (Fsp3) is 0.462. The third-order valence-electron chi connectivity index (χ3n) is 2.54. The van der Waals surface area contributed by atoms with Crippen LogP contribution >= 0.6 is 15.9 Å². The van der Waals surface area contributed by atoms with Crippen LogP contribution in [0.1, 0.15) is 5.56 Å². The molecule has 7 heteroatoms. The van der Waals surface area contributed by atoms with Gasteiger partial charge in [0, 0.05) is 13.7 Å². The number of aliphatic imine (C=N–C) groups is 1. The number of methoxy groups -OCH3 is 3. The zero-order valence-electron chi connectivity index (χ0n) is 11.9. The van der Waals surface area contributed by atoms with Crippen LogP contribution < -0.4 is 20.5 Å². The molecule has 0 atom stereocenters. The largest absolute Gasteiger partial charge is 0.493 e. The maximum absolute atomic E-state index is 5.74. The first kappa shape index (κ1) is 16.6. The molecule has 0 aliphatic heterocycles. The summed E-state index contributed by atoms with van der Waals surface area (Å²) in [6.45, 7) is 1.66. The highest BCUT2D eigenvalue weighted by atomic mass is 79.9. The van der Waals surface area contributed by atoms with E-state index in [0.29, 0.717) is 37.2 Å². The second-order valence-corrected chi connectivity index (χ2v) is 4.79. The van der Waals surface area contributed by atoms with Crippen LogP contribution in [0.15, 0.2) is 21.6 Å². The summed E-state index contributed by atoms with van der Waals surface area (Å²) in [5.41, 5.74) is 6.71. The van der Waals surface area contributed by atoms with E-state index in [9.17, 15) is 0 Å². The van der Waals surface area contributed by atoms with Gasteiger partial charge in [-0.15, -0.1) is 0 Å². The van der Waals surface area contributed by atoms with E-state index in [1.165, 1.54) is 0 Å². The summed E-state index contributed by atoms with van der Waals surface area (Å²) in [4.78, 5) is 4.25. The molecule has 0 saturated heterocycles. The molecular formula is C13H20BrN3O3. The predicted octanol–water partition coefficient (Wildman–Crippen LogP) is 1.52. The molecular weight excluding hydrogens is 326 g/mol. The number of nitrogens with zero attached hydrogens (tertiary/aromatic N) is 1. The van der Waals surface area contributed by atoms with Gasteiger partial charge in [0.15, 0.2) is 17.5 Å². The second-order valence-electron chi connectivity index (χ2n) is 3.93. The average Bonchev–Trinajstić information content (AvgIpc) is 2.44. The van der Waals surface area contributed by atoms with Crippen molar-refractivity contribution in [3.8, 4) is 11.5 Å². The molecule has 0 aliphatic carbocycles. The van der Waals surface area contributed by atoms with Crippen molar-refractivity contribution in [1.82, 2.24) is 5.32 Å². The van der Waals surface area contributed by atoms with Crippen LogP contribution in [0.3, 0.4) is 0 Å². The summed E-state index contributed by atoms with van der Waals surface area (Å²) in [6.07, 6.45) is 0. The molecule has 0 amide bonds. The van der Waals surface area contributed by atoms with E-state index in [-0.39, 0.29) is 0 Å². The van der Waals surface area contributed by atoms with E-state index in [2.05, 4.69) is 26.2 Å². The Hall–Kier alpha value is -1.47. The number of hydrogen-bond acceptors (Lipinski definition) is 4. The Labute approximate surface area is 127 Å². The van der Waals surface area contributed by atoms with Gasteiger partial charge in [-0.25, -0.2) is 4.99 Å². The van der Waals surface area contributed by atoms with Crippen molar-refractivity contribution >= 4 is 21.9 Å². The summed E-state index contributed by atoms with van der Waals surface area (Å²) < 4.78 is 16.3. The van der Waals surface area contributed by atoms with Crippen molar-refractivity contribution in [2.45, 2.75) is 6.54 Å². The molecule has 3 N–H and O–H groups in total. The Balaban J connectivity index is 2.73. The van der Waals surface area contributed by atoms with Gasteiger partial charge >= 0.3 is 0 Å². The Morgan fingerprint density at radius 3 is 2.65 bits per heavy atom. The maximum Gasteiger partial charge on any atom is 0.188 e. The van der Waals surface area contributed by atoms with Crippen LogP contribution in [0.4, 0.5) is 0 Å². The van der Waals surface area contributed by atoms with E-state index >= 15 is 0 Å². The number of benzene rings is 1. The lowest BCUT2D eigenvalue weighted by Crippen LogP contribution is -2.34. The van der Waals surface area contributed by atoms with E-state index in [1.54, 1.807) is 21.3 Å². The number of hydrogen-bond donors (Lipinski definition) is 2. The Morgan fingerprint density at radius 1 is 1.30 bits per heavy atom. The maximum atomic E-state index is 5.74. The van der Waals surface area contributed by atoms with E-state index in [0.717, 1.165) is 10.0 Å². The Kier molecular flexibility index (Phi) is 7.17. The molecule has 0 fully saturated rings. The third-order valence-corrected chi connectivity index (χ3v) is 3.13. The first-order valence-electron chi connectivity index (χ1n) is 6.05. The standard InChI is InChI=1S/C13H20BrN3O3/c1-18-5-4-16-13(15)17-8-9-6-10(14)12(20-3)11(7-9)19-2/h6-7H,4-5,8H2,1-3H3,(H3,15,16,17). The highest BCUT2D eigenvalue weighted by molar-refractivity contribution is 9.10. The smallest absolute Gasteiger partial charge is 0.188 e. The van der Waals surface area contributed by atoms with Crippen LogP contribution in [0, 0.1) is 0 Å². The molecule has 0 unspecified atom stereocenters. The quantitative estimate of drug-likeness (QED) is 0.445. The van der Waals surface area contributed by atoms with Gasteiger partial charge < -0.3 is 25.3 Å². The SMILES string of the molecule is COCCNC(N)=NCc1cc(Br)c(OC)c(OC)c1. The molecule has 6 nitrogen and oxygen atoms in total. The zero-order chi connectivity index (χ0) is 15.0. The zero-order valence-corrected chi connectivity index (χ0v) is 13.5. The van der Waals surface area contributed by atoms with E-state index < -0.39 is 0 Å².